The number of amides is 1. The first-order valence-corrected chi connectivity index (χ1v) is 4.01. The summed E-state index contributed by atoms with van der Waals surface area (Å²) in [6, 6.07) is 0. The molecule has 0 atom stereocenters. The van der Waals surface area contributed by atoms with E-state index in [1.165, 1.54) is 0 Å². The van der Waals surface area contributed by atoms with Crippen LogP contribution >= 0.6 is 0 Å². The van der Waals surface area contributed by atoms with Crippen molar-refractivity contribution in [2.45, 2.75) is 25.3 Å². The van der Waals surface area contributed by atoms with Crippen molar-refractivity contribution in [3.05, 3.63) is 5.69 Å². The molecule has 1 fully saturated rings. The summed E-state index contributed by atoms with van der Waals surface area (Å²) < 4.78 is 4.32. The lowest BCUT2D eigenvalue weighted by molar-refractivity contribution is 0.0926. The Balaban J connectivity index is 2.09. The van der Waals surface area contributed by atoms with E-state index in [0.29, 0.717) is 0 Å². The van der Waals surface area contributed by atoms with Crippen molar-refractivity contribution in [3.63, 3.8) is 0 Å². The summed E-state index contributed by atoms with van der Waals surface area (Å²) in [5.41, 5.74) is 5.33. The number of carbonyl (C=O) groups is 1. The second-order valence-electron chi connectivity index (χ2n) is 3.51. The largest absolute Gasteiger partial charge is 0.379 e. The Morgan fingerprint density at radius 2 is 2.31 bits per heavy atom. The van der Waals surface area contributed by atoms with Crippen LogP contribution in [0.5, 0.6) is 0 Å². The fourth-order valence-electron chi connectivity index (χ4n) is 0.999. The van der Waals surface area contributed by atoms with Gasteiger partial charge in [0.1, 0.15) is 0 Å². The van der Waals surface area contributed by atoms with Crippen molar-refractivity contribution in [1.82, 2.24) is 15.6 Å². The number of hydrogen-bond acceptors (Lipinski definition) is 5. The standard InChI is InChI=1S/C7H10N4O2/c1-7(2-3-7)9-6(12)4-5(8)11-13-10-4/h2-3H2,1H3,(H2,8,11)(H,9,12). The van der Waals surface area contributed by atoms with Crippen LogP contribution in [0.1, 0.15) is 30.3 Å². The molecule has 1 heterocycles. The Hall–Kier alpha value is -1.59. The third-order valence-corrected chi connectivity index (χ3v) is 2.14. The highest BCUT2D eigenvalue weighted by Gasteiger charge is 2.39. The zero-order valence-electron chi connectivity index (χ0n) is 7.20. The molecule has 0 radical (unpaired) electrons. The van der Waals surface area contributed by atoms with Gasteiger partial charge in [-0.2, -0.15) is 0 Å². The minimum Gasteiger partial charge on any atom is -0.379 e. The number of hydrogen-bond donors (Lipinski definition) is 2. The highest BCUT2D eigenvalue weighted by Crippen LogP contribution is 2.34. The highest BCUT2D eigenvalue weighted by molar-refractivity contribution is 5.96. The Kier molecular flexibility index (Phi) is 1.51. The quantitative estimate of drug-likeness (QED) is 0.667. The Morgan fingerprint density at radius 3 is 2.77 bits per heavy atom. The monoisotopic (exact) mass is 182 g/mol. The maximum Gasteiger partial charge on any atom is 0.277 e. The maximum absolute atomic E-state index is 11.4. The molecule has 1 aliphatic rings. The third kappa shape index (κ3) is 1.47. The summed E-state index contributed by atoms with van der Waals surface area (Å²) in [4.78, 5) is 11.4. The van der Waals surface area contributed by atoms with Crippen LogP contribution in [-0.4, -0.2) is 21.8 Å². The van der Waals surface area contributed by atoms with E-state index in [0.717, 1.165) is 12.8 Å². The molecule has 0 unspecified atom stereocenters. The SMILES string of the molecule is CC1(NC(=O)c2nonc2N)CC1. The van der Waals surface area contributed by atoms with E-state index < -0.39 is 0 Å². The summed E-state index contributed by atoms with van der Waals surface area (Å²) in [6.45, 7) is 1.97. The van der Waals surface area contributed by atoms with Gasteiger partial charge in [-0.25, -0.2) is 4.63 Å². The van der Waals surface area contributed by atoms with E-state index in [9.17, 15) is 4.79 Å². The molecule has 0 spiro atoms. The predicted octanol–water partition coefficient (Wildman–Crippen LogP) is -0.0659. The molecule has 1 aromatic rings. The third-order valence-electron chi connectivity index (χ3n) is 2.14. The molecule has 0 aromatic carbocycles. The van der Waals surface area contributed by atoms with Crippen LogP contribution < -0.4 is 11.1 Å². The lowest BCUT2D eigenvalue weighted by Gasteiger charge is -2.08. The van der Waals surface area contributed by atoms with E-state index in [4.69, 9.17) is 5.73 Å². The van der Waals surface area contributed by atoms with Gasteiger partial charge in [-0.05, 0) is 30.1 Å². The lowest BCUT2D eigenvalue weighted by atomic mass is 10.3. The van der Waals surface area contributed by atoms with E-state index in [1.54, 1.807) is 0 Å². The number of rotatable bonds is 2. The number of nitrogens with one attached hydrogen (secondary N) is 1. The Morgan fingerprint density at radius 1 is 1.62 bits per heavy atom. The van der Waals surface area contributed by atoms with Crippen molar-refractivity contribution in [2.24, 2.45) is 0 Å². The van der Waals surface area contributed by atoms with Crippen molar-refractivity contribution >= 4 is 11.7 Å². The molecule has 1 aliphatic carbocycles. The topological polar surface area (TPSA) is 94.0 Å². The summed E-state index contributed by atoms with van der Waals surface area (Å²) >= 11 is 0. The van der Waals surface area contributed by atoms with Crippen LogP contribution in [0.3, 0.4) is 0 Å². The van der Waals surface area contributed by atoms with Crippen molar-refractivity contribution in [3.8, 4) is 0 Å². The summed E-state index contributed by atoms with van der Waals surface area (Å²) in [6.07, 6.45) is 1.98. The van der Waals surface area contributed by atoms with Gasteiger partial charge in [-0.1, -0.05) is 0 Å². The first kappa shape index (κ1) is 8.03. The van der Waals surface area contributed by atoms with Crippen LogP contribution in [-0.2, 0) is 0 Å². The van der Waals surface area contributed by atoms with Crippen LogP contribution in [0.15, 0.2) is 4.63 Å². The second kappa shape index (κ2) is 2.45. The summed E-state index contributed by atoms with van der Waals surface area (Å²) in [7, 11) is 0. The molecule has 1 aromatic heterocycles. The number of nitrogen functional groups attached to an aromatic ring is 1. The van der Waals surface area contributed by atoms with Crippen LogP contribution in [0.4, 0.5) is 5.82 Å². The zero-order valence-corrected chi connectivity index (χ0v) is 7.20. The lowest BCUT2D eigenvalue weighted by Crippen LogP contribution is -2.34. The van der Waals surface area contributed by atoms with Gasteiger partial charge >= 0.3 is 0 Å². The Bertz CT molecular complexity index is 342. The van der Waals surface area contributed by atoms with Gasteiger partial charge in [-0.3, -0.25) is 4.79 Å². The average molecular weight is 182 g/mol. The molecular formula is C7H10N4O2. The first-order valence-electron chi connectivity index (χ1n) is 4.01. The zero-order chi connectivity index (χ0) is 9.47. The number of carbonyl (C=O) groups excluding carboxylic acids is 1. The summed E-state index contributed by atoms with van der Waals surface area (Å²) in [5.74, 6) is -0.291. The fraction of sp³-hybridized carbons (Fsp3) is 0.571. The molecule has 1 saturated carbocycles. The maximum atomic E-state index is 11.4. The normalized spacial score (nSPS) is 18.2. The fourth-order valence-corrected chi connectivity index (χ4v) is 0.999. The molecule has 70 valence electrons. The minimum absolute atomic E-state index is 0.0294. The molecule has 2 rings (SSSR count). The Labute approximate surface area is 74.4 Å². The summed E-state index contributed by atoms with van der Waals surface area (Å²) in [5, 5.41) is 9.52. The van der Waals surface area contributed by atoms with E-state index in [-0.39, 0.29) is 23.0 Å². The number of aromatic nitrogens is 2. The van der Waals surface area contributed by atoms with Gasteiger partial charge in [0.25, 0.3) is 5.91 Å². The molecule has 1 amide bonds. The molecule has 6 heteroatoms. The van der Waals surface area contributed by atoms with Gasteiger partial charge in [0, 0.05) is 5.54 Å². The molecule has 0 saturated heterocycles. The predicted molar refractivity (Wildman–Crippen MR) is 43.8 cm³/mol. The van der Waals surface area contributed by atoms with Crippen molar-refractivity contribution < 1.29 is 9.42 Å². The molecule has 0 aliphatic heterocycles. The molecule has 0 bridgehead atoms. The van der Waals surface area contributed by atoms with Crippen molar-refractivity contribution in [2.75, 3.05) is 5.73 Å². The van der Waals surface area contributed by atoms with Crippen molar-refractivity contribution in [1.29, 1.82) is 0 Å². The number of nitrogens with zero attached hydrogens (tertiary/aromatic N) is 2. The second-order valence-corrected chi connectivity index (χ2v) is 3.51. The van der Waals surface area contributed by atoms with E-state index in [1.807, 2.05) is 6.92 Å². The van der Waals surface area contributed by atoms with E-state index >= 15 is 0 Å². The number of nitrogens with two attached hydrogens (primary N) is 1. The number of anilines is 1. The van der Waals surface area contributed by atoms with E-state index in [2.05, 4.69) is 20.3 Å². The van der Waals surface area contributed by atoms with Crippen LogP contribution in [0, 0.1) is 0 Å². The van der Waals surface area contributed by atoms with Crippen LogP contribution in [0.25, 0.3) is 0 Å². The average Bonchev–Trinajstić information content (AvgIpc) is 2.63. The van der Waals surface area contributed by atoms with Gasteiger partial charge in [-0.15, -0.1) is 0 Å². The van der Waals surface area contributed by atoms with Gasteiger partial charge < -0.3 is 11.1 Å². The molecular weight excluding hydrogens is 172 g/mol. The minimum atomic E-state index is -0.321. The van der Waals surface area contributed by atoms with Gasteiger partial charge in [0.05, 0.1) is 0 Å². The van der Waals surface area contributed by atoms with Gasteiger partial charge in [0.2, 0.25) is 11.5 Å². The van der Waals surface area contributed by atoms with Gasteiger partial charge in [0.15, 0.2) is 0 Å². The van der Waals surface area contributed by atoms with Crippen LogP contribution in [0.2, 0.25) is 0 Å². The first-order chi connectivity index (χ1) is 6.11. The molecule has 13 heavy (non-hydrogen) atoms. The smallest absolute Gasteiger partial charge is 0.277 e. The highest BCUT2D eigenvalue weighted by atomic mass is 16.6. The molecule has 3 N–H and O–H groups in total. The molecule has 6 nitrogen and oxygen atoms in total.